The average molecular weight is 275 g/mol. The van der Waals surface area contributed by atoms with Gasteiger partial charge in [-0.1, -0.05) is 17.7 Å². The second-order valence-electron chi connectivity index (χ2n) is 4.36. The van der Waals surface area contributed by atoms with Crippen molar-refractivity contribution in [1.82, 2.24) is 0 Å². The third kappa shape index (κ3) is 1.78. The van der Waals surface area contributed by atoms with Crippen LogP contribution in [0.2, 0.25) is 5.02 Å². The molecule has 0 aliphatic carbocycles. The fourth-order valence-electron chi connectivity index (χ4n) is 2.15. The molecule has 2 aromatic carbocycles. The molecule has 0 aliphatic rings. The van der Waals surface area contributed by atoms with Crippen LogP contribution in [0.4, 0.5) is 0 Å². The molecule has 0 N–H and O–H groups in total. The normalized spacial score (nSPS) is 11.1. The molecule has 0 amide bonds. The Labute approximate surface area is 114 Å². The molecule has 3 aromatic rings. The minimum atomic E-state index is -0.118. The molecule has 0 fully saturated rings. The maximum atomic E-state index is 12.5. The lowest BCUT2D eigenvalue weighted by molar-refractivity contribution is 0.414. The van der Waals surface area contributed by atoms with Gasteiger partial charge in [0.05, 0.1) is 22.9 Å². The number of aryl methyl sites for hydroxylation is 1. The molecule has 3 nitrogen and oxygen atoms in total. The van der Waals surface area contributed by atoms with Crippen LogP contribution in [0.3, 0.4) is 0 Å². The van der Waals surface area contributed by atoms with Crippen molar-refractivity contribution in [2.24, 2.45) is 0 Å². The lowest BCUT2D eigenvalue weighted by Gasteiger charge is -2.06. The van der Waals surface area contributed by atoms with Crippen molar-refractivity contribution in [1.29, 1.82) is 0 Å². The SMILES string of the molecule is COc1ccc2c(=O)c3c(Cl)ccc(C)c3oc2c1. The lowest BCUT2D eigenvalue weighted by atomic mass is 10.1. The van der Waals surface area contributed by atoms with E-state index >= 15 is 0 Å². The molecule has 3 rings (SSSR count). The van der Waals surface area contributed by atoms with Crippen LogP contribution < -0.4 is 10.2 Å². The number of ether oxygens (including phenoxy) is 1. The number of hydrogen-bond donors (Lipinski definition) is 0. The summed E-state index contributed by atoms with van der Waals surface area (Å²) in [7, 11) is 1.57. The largest absolute Gasteiger partial charge is 0.497 e. The van der Waals surface area contributed by atoms with Crippen LogP contribution in [0.5, 0.6) is 5.75 Å². The predicted molar refractivity (Wildman–Crippen MR) is 76.3 cm³/mol. The van der Waals surface area contributed by atoms with Crippen molar-refractivity contribution in [3.05, 3.63) is 51.1 Å². The first kappa shape index (κ1) is 12.1. The second-order valence-corrected chi connectivity index (χ2v) is 4.77. The van der Waals surface area contributed by atoms with E-state index in [1.165, 1.54) is 0 Å². The summed E-state index contributed by atoms with van der Waals surface area (Å²) in [6, 6.07) is 8.68. The molecule has 0 unspecified atom stereocenters. The van der Waals surface area contributed by atoms with Gasteiger partial charge in [0.25, 0.3) is 0 Å². The summed E-state index contributed by atoms with van der Waals surface area (Å²) < 4.78 is 11.0. The molecule has 0 aliphatic heterocycles. The van der Waals surface area contributed by atoms with Crippen molar-refractivity contribution in [2.75, 3.05) is 7.11 Å². The van der Waals surface area contributed by atoms with Gasteiger partial charge >= 0.3 is 0 Å². The first-order valence-electron chi connectivity index (χ1n) is 5.81. The number of benzene rings is 2. The van der Waals surface area contributed by atoms with Crippen molar-refractivity contribution in [3.8, 4) is 5.75 Å². The van der Waals surface area contributed by atoms with E-state index in [2.05, 4.69) is 0 Å². The van der Waals surface area contributed by atoms with Gasteiger partial charge in [0.2, 0.25) is 5.43 Å². The molecule has 96 valence electrons. The van der Waals surface area contributed by atoms with E-state index in [0.717, 1.165) is 5.56 Å². The summed E-state index contributed by atoms with van der Waals surface area (Å²) in [6.07, 6.45) is 0. The first-order valence-corrected chi connectivity index (χ1v) is 6.19. The van der Waals surface area contributed by atoms with E-state index in [9.17, 15) is 4.79 Å². The van der Waals surface area contributed by atoms with E-state index in [4.69, 9.17) is 20.8 Å². The molecular weight excluding hydrogens is 264 g/mol. The highest BCUT2D eigenvalue weighted by atomic mass is 35.5. The Morgan fingerprint density at radius 1 is 1.21 bits per heavy atom. The Morgan fingerprint density at radius 3 is 2.74 bits per heavy atom. The number of hydrogen-bond acceptors (Lipinski definition) is 3. The number of rotatable bonds is 1. The van der Waals surface area contributed by atoms with Crippen molar-refractivity contribution in [2.45, 2.75) is 6.92 Å². The smallest absolute Gasteiger partial charge is 0.202 e. The van der Waals surface area contributed by atoms with E-state index in [0.29, 0.717) is 32.7 Å². The minimum absolute atomic E-state index is 0.118. The highest BCUT2D eigenvalue weighted by molar-refractivity contribution is 6.35. The predicted octanol–water partition coefficient (Wildman–Crippen LogP) is 3.92. The molecule has 0 atom stereocenters. The van der Waals surface area contributed by atoms with E-state index in [1.54, 1.807) is 31.4 Å². The van der Waals surface area contributed by atoms with Gasteiger partial charge in [-0.25, -0.2) is 0 Å². The summed E-state index contributed by atoms with van der Waals surface area (Å²) >= 11 is 6.11. The average Bonchev–Trinajstić information content (AvgIpc) is 2.42. The molecule has 1 heterocycles. The minimum Gasteiger partial charge on any atom is -0.497 e. The van der Waals surface area contributed by atoms with Crippen LogP contribution in [0.15, 0.2) is 39.5 Å². The molecule has 0 spiro atoms. The zero-order chi connectivity index (χ0) is 13.6. The van der Waals surface area contributed by atoms with Crippen LogP contribution in [0.1, 0.15) is 5.56 Å². The van der Waals surface area contributed by atoms with Gasteiger partial charge in [-0.05, 0) is 30.7 Å². The van der Waals surface area contributed by atoms with Gasteiger partial charge in [-0.3, -0.25) is 4.79 Å². The third-order valence-corrected chi connectivity index (χ3v) is 3.49. The Morgan fingerprint density at radius 2 is 2.00 bits per heavy atom. The fraction of sp³-hybridized carbons (Fsp3) is 0.133. The highest BCUT2D eigenvalue weighted by Gasteiger charge is 2.13. The van der Waals surface area contributed by atoms with Gasteiger partial charge < -0.3 is 9.15 Å². The maximum absolute atomic E-state index is 12.5. The molecular formula is C15H11ClO3. The van der Waals surface area contributed by atoms with E-state index in [-0.39, 0.29) is 5.43 Å². The van der Waals surface area contributed by atoms with E-state index in [1.807, 2.05) is 13.0 Å². The highest BCUT2D eigenvalue weighted by Crippen LogP contribution is 2.28. The Kier molecular flexibility index (Phi) is 2.72. The standard InChI is InChI=1S/C15H11ClO3/c1-8-3-6-11(16)13-14(17)10-5-4-9(18-2)7-12(10)19-15(8)13/h3-7H,1-2H3. The summed E-state index contributed by atoms with van der Waals surface area (Å²) in [4.78, 5) is 12.5. The van der Waals surface area contributed by atoms with Crippen LogP contribution in [-0.4, -0.2) is 7.11 Å². The first-order chi connectivity index (χ1) is 9.11. The number of methoxy groups -OCH3 is 1. The molecule has 4 heteroatoms. The lowest BCUT2D eigenvalue weighted by Crippen LogP contribution is -2.03. The Hall–Kier alpha value is -2.00. The molecule has 0 saturated carbocycles. The van der Waals surface area contributed by atoms with E-state index < -0.39 is 0 Å². The topological polar surface area (TPSA) is 39.4 Å². The van der Waals surface area contributed by atoms with Crippen molar-refractivity contribution in [3.63, 3.8) is 0 Å². The summed E-state index contributed by atoms with van der Waals surface area (Å²) in [5.41, 5.74) is 1.79. The van der Waals surface area contributed by atoms with Gasteiger partial charge in [-0.15, -0.1) is 0 Å². The quantitative estimate of drug-likeness (QED) is 0.632. The monoisotopic (exact) mass is 274 g/mol. The molecule has 0 saturated heterocycles. The Balaban J connectivity index is 2.56. The molecule has 19 heavy (non-hydrogen) atoms. The molecule has 1 aromatic heterocycles. The second kappa shape index (κ2) is 4.28. The van der Waals surface area contributed by atoms with Gasteiger partial charge in [0, 0.05) is 6.07 Å². The van der Waals surface area contributed by atoms with Crippen LogP contribution >= 0.6 is 11.6 Å². The number of fused-ring (bicyclic) bond motifs is 2. The van der Waals surface area contributed by atoms with Gasteiger partial charge in [0.1, 0.15) is 16.9 Å². The van der Waals surface area contributed by atoms with Crippen LogP contribution in [0, 0.1) is 6.92 Å². The number of halogens is 1. The van der Waals surface area contributed by atoms with Crippen LogP contribution in [-0.2, 0) is 0 Å². The maximum Gasteiger partial charge on any atom is 0.202 e. The summed E-state index contributed by atoms with van der Waals surface area (Å²) in [5.74, 6) is 0.648. The van der Waals surface area contributed by atoms with Crippen molar-refractivity contribution < 1.29 is 9.15 Å². The fourth-order valence-corrected chi connectivity index (χ4v) is 2.39. The zero-order valence-corrected chi connectivity index (χ0v) is 11.2. The zero-order valence-electron chi connectivity index (χ0n) is 10.5. The van der Waals surface area contributed by atoms with Crippen LogP contribution in [0.25, 0.3) is 21.9 Å². The summed E-state index contributed by atoms with van der Waals surface area (Å²) in [6.45, 7) is 1.88. The van der Waals surface area contributed by atoms with Gasteiger partial charge in [0.15, 0.2) is 0 Å². The third-order valence-electron chi connectivity index (χ3n) is 3.18. The molecule has 0 bridgehead atoms. The summed E-state index contributed by atoms with van der Waals surface area (Å²) in [5, 5.41) is 1.34. The van der Waals surface area contributed by atoms with Gasteiger partial charge in [-0.2, -0.15) is 0 Å². The molecule has 0 radical (unpaired) electrons. The van der Waals surface area contributed by atoms with Crippen molar-refractivity contribution >= 4 is 33.5 Å². The Bertz CT molecular complexity index is 849.